The summed E-state index contributed by atoms with van der Waals surface area (Å²) in [6, 6.07) is 3.58. The normalized spacial score (nSPS) is 11.2. The Bertz CT molecular complexity index is 505. The molecule has 3 N–H and O–H groups in total. The highest BCUT2D eigenvalue weighted by Crippen LogP contribution is 2.29. The third-order valence-electron chi connectivity index (χ3n) is 2.57. The maximum absolute atomic E-state index is 13.9. The Hall–Kier alpha value is -0.870. The summed E-state index contributed by atoms with van der Waals surface area (Å²) in [5, 5.41) is 0.660. The third kappa shape index (κ3) is 1.68. The predicted octanol–water partition coefficient (Wildman–Crippen LogP) is 2.88. The van der Waals surface area contributed by atoms with Crippen molar-refractivity contribution in [2.75, 3.05) is 6.54 Å². The molecule has 0 aliphatic heterocycles. The molecule has 80 valence electrons. The summed E-state index contributed by atoms with van der Waals surface area (Å²) in [6.45, 7) is 2.47. The molecule has 2 rings (SSSR count). The van der Waals surface area contributed by atoms with Gasteiger partial charge in [-0.2, -0.15) is 0 Å². The molecule has 1 aromatic carbocycles. The van der Waals surface area contributed by atoms with Crippen LogP contribution in [-0.4, -0.2) is 11.5 Å². The van der Waals surface area contributed by atoms with Crippen molar-refractivity contribution in [1.29, 1.82) is 0 Å². The number of benzene rings is 1. The lowest BCUT2D eigenvalue weighted by Gasteiger charge is -2.00. The summed E-state index contributed by atoms with van der Waals surface area (Å²) < 4.78 is 14.4. The molecule has 0 unspecified atom stereocenters. The number of nitrogens with one attached hydrogen (secondary N) is 1. The molecule has 2 nitrogen and oxygen atoms in total. The molecule has 0 saturated carbocycles. The van der Waals surface area contributed by atoms with Gasteiger partial charge >= 0.3 is 0 Å². The van der Waals surface area contributed by atoms with Gasteiger partial charge in [0.1, 0.15) is 5.82 Å². The topological polar surface area (TPSA) is 41.8 Å². The number of hydrogen-bond donors (Lipinski definition) is 2. The first-order valence-corrected chi connectivity index (χ1v) is 5.59. The average Bonchev–Trinajstić information content (AvgIpc) is 2.51. The van der Waals surface area contributed by atoms with Crippen LogP contribution in [0.3, 0.4) is 0 Å². The minimum atomic E-state index is -0.208. The highest BCUT2D eigenvalue weighted by atomic mass is 79.9. The molecule has 0 spiro atoms. The molecule has 4 heteroatoms. The van der Waals surface area contributed by atoms with Gasteiger partial charge in [0.25, 0.3) is 0 Å². The van der Waals surface area contributed by atoms with Gasteiger partial charge in [0, 0.05) is 16.6 Å². The fourth-order valence-corrected chi connectivity index (χ4v) is 2.20. The first-order chi connectivity index (χ1) is 7.15. The van der Waals surface area contributed by atoms with Crippen molar-refractivity contribution in [2.24, 2.45) is 5.73 Å². The quantitative estimate of drug-likeness (QED) is 0.866. The van der Waals surface area contributed by atoms with Crippen molar-refractivity contribution in [1.82, 2.24) is 4.98 Å². The van der Waals surface area contributed by atoms with Crippen LogP contribution in [0.4, 0.5) is 4.39 Å². The molecule has 0 fully saturated rings. The SMILES string of the molecule is Cc1[nH]c2ccc(Br)c(F)c2c1CCN. The summed E-state index contributed by atoms with van der Waals surface area (Å²) in [5.74, 6) is -0.208. The van der Waals surface area contributed by atoms with Gasteiger partial charge in [-0.15, -0.1) is 0 Å². The molecule has 0 amide bonds. The monoisotopic (exact) mass is 270 g/mol. The number of H-pyrrole nitrogens is 1. The Morgan fingerprint density at radius 2 is 2.20 bits per heavy atom. The fraction of sp³-hybridized carbons (Fsp3) is 0.273. The third-order valence-corrected chi connectivity index (χ3v) is 3.18. The lowest BCUT2D eigenvalue weighted by atomic mass is 10.1. The molecule has 1 aromatic heterocycles. The maximum atomic E-state index is 13.9. The zero-order chi connectivity index (χ0) is 11.0. The first-order valence-electron chi connectivity index (χ1n) is 4.80. The number of aryl methyl sites for hydroxylation is 1. The Balaban J connectivity index is 2.77. The molecule has 0 aliphatic rings. The number of halogens is 2. The van der Waals surface area contributed by atoms with E-state index in [1.165, 1.54) is 0 Å². The Morgan fingerprint density at radius 3 is 2.87 bits per heavy atom. The second-order valence-corrected chi connectivity index (χ2v) is 4.41. The molecule has 0 atom stereocenters. The summed E-state index contributed by atoms with van der Waals surface area (Å²) in [6.07, 6.45) is 0.694. The zero-order valence-electron chi connectivity index (χ0n) is 8.40. The lowest BCUT2D eigenvalue weighted by molar-refractivity contribution is 0.632. The van der Waals surface area contributed by atoms with Gasteiger partial charge in [0.15, 0.2) is 0 Å². The summed E-state index contributed by atoms with van der Waals surface area (Å²) in [5.41, 5.74) is 8.32. The van der Waals surface area contributed by atoms with Gasteiger partial charge in [-0.1, -0.05) is 0 Å². The van der Waals surface area contributed by atoms with E-state index in [0.717, 1.165) is 16.8 Å². The van der Waals surface area contributed by atoms with Crippen LogP contribution in [0.1, 0.15) is 11.3 Å². The van der Waals surface area contributed by atoms with E-state index in [1.807, 2.05) is 13.0 Å². The molecule has 15 heavy (non-hydrogen) atoms. The fourth-order valence-electron chi connectivity index (χ4n) is 1.87. The Labute approximate surface area is 95.8 Å². The summed E-state index contributed by atoms with van der Waals surface area (Å²) in [4.78, 5) is 3.16. The number of rotatable bonds is 2. The van der Waals surface area contributed by atoms with E-state index in [1.54, 1.807) is 6.07 Å². The van der Waals surface area contributed by atoms with Crippen LogP contribution < -0.4 is 5.73 Å². The van der Waals surface area contributed by atoms with Gasteiger partial charge in [0.05, 0.1) is 4.47 Å². The van der Waals surface area contributed by atoms with E-state index >= 15 is 0 Å². The minimum absolute atomic E-state index is 0.208. The van der Waals surface area contributed by atoms with E-state index < -0.39 is 0 Å². The van der Waals surface area contributed by atoms with Crippen molar-refractivity contribution in [3.63, 3.8) is 0 Å². The highest BCUT2D eigenvalue weighted by Gasteiger charge is 2.13. The van der Waals surface area contributed by atoms with E-state index in [9.17, 15) is 4.39 Å². The molecule has 0 saturated heterocycles. The molecule has 0 bridgehead atoms. The second kappa shape index (κ2) is 3.94. The zero-order valence-corrected chi connectivity index (χ0v) is 9.99. The van der Waals surface area contributed by atoms with Gasteiger partial charge in [-0.25, -0.2) is 4.39 Å². The number of fused-ring (bicyclic) bond motifs is 1. The van der Waals surface area contributed by atoms with Crippen LogP contribution in [0.25, 0.3) is 10.9 Å². The van der Waals surface area contributed by atoms with Crippen LogP contribution in [0, 0.1) is 12.7 Å². The smallest absolute Gasteiger partial charge is 0.147 e. The average molecular weight is 271 g/mol. The molecular weight excluding hydrogens is 259 g/mol. The maximum Gasteiger partial charge on any atom is 0.147 e. The second-order valence-electron chi connectivity index (χ2n) is 3.55. The predicted molar refractivity (Wildman–Crippen MR) is 63.5 cm³/mol. The molecule has 0 radical (unpaired) electrons. The summed E-state index contributed by atoms with van der Waals surface area (Å²) >= 11 is 3.19. The van der Waals surface area contributed by atoms with Crippen molar-refractivity contribution in [2.45, 2.75) is 13.3 Å². The van der Waals surface area contributed by atoms with Crippen LogP contribution in [0.5, 0.6) is 0 Å². The lowest BCUT2D eigenvalue weighted by Crippen LogP contribution is -2.03. The molecular formula is C11H12BrFN2. The number of nitrogens with two attached hydrogens (primary N) is 1. The molecule has 0 aliphatic carbocycles. The first kappa shape index (κ1) is 10.6. The largest absolute Gasteiger partial charge is 0.358 e. The van der Waals surface area contributed by atoms with Crippen LogP contribution >= 0.6 is 15.9 Å². The summed E-state index contributed by atoms with van der Waals surface area (Å²) in [7, 11) is 0. The van der Waals surface area contributed by atoms with Gasteiger partial charge < -0.3 is 10.7 Å². The minimum Gasteiger partial charge on any atom is -0.358 e. The van der Waals surface area contributed by atoms with Crippen molar-refractivity contribution >= 4 is 26.8 Å². The number of aromatic nitrogens is 1. The Morgan fingerprint density at radius 1 is 1.47 bits per heavy atom. The number of aromatic amines is 1. The van der Waals surface area contributed by atoms with Crippen LogP contribution in [-0.2, 0) is 6.42 Å². The van der Waals surface area contributed by atoms with Gasteiger partial charge in [-0.05, 0) is 53.5 Å². The van der Waals surface area contributed by atoms with Gasteiger partial charge in [0.2, 0.25) is 0 Å². The van der Waals surface area contributed by atoms with E-state index in [0.29, 0.717) is 22.8 Å². The van der Waals surface area contributed by atoms with E-state index in [-0.39, 0.29) is 5.82 Å². The van der Waals surface area contributed by atoms with Crippen molar-refractivity contribution < 1.29 is 4.39 Å². The Kier molecular flexibility index (Phi) is 2.80. The van der Waals surface area contributed by atoms with Crippen LogP contribution in [0.2, 0.25) is 0 Å². The van der Waals surface area contributed by atoms with Gasteiger partial charge in [-0.3, -0.25) is 0 Å². The van der Waals surface area contributed by atoms with E-state index in [4.69, 9.17) is 5.73 Å². The molecule has 2 aromatic rings. The van der Waals surface area contributed by atoms with Crippen LogP contribution in [0.15, 0.2) is 16.6 Å². The van der Waals surface area contributed by atoms with E-state index in [2.05, 4.69) is 20.9 Å². The molecule has 1 heterocycles. The van der Waals surface area contributed by atoms with Crippen molar-refractivity contribution in [3.8, 4) is 0 Å². The number of hydrogen-bond acceptors (Lipinski definition) is 1. The standard InChI is InChI=1S/C11H12BrFN2/c1-6-7(4-5-14)10-9(15-6)3-2-8(12)11(10)13/h2-3,15H,4-5,14H2,1H3. The van der Waals surface area contributed by atoms with Crippen molar-refractivity contribution in [3.05, 3.63) is 33.7 Å². The highest BCUT2D eigenvalue weighted by molar-refractivity contribution is 9.10.